The number of hydrogen-bond donors (Lipinski definition) is 2. The summed E-state index contributed by atoms with van der Waals surface area (Å²) >= 11 is 0. The molecule has 1 fully saturated rings. The molecule has 1 aromatic carbocycles. The normalized spacial score (nSPS) is 21.1. The molecule has 4 nitrogen and oxygen atoms in total. The molecule has 1 aromatic rings. The van der Waals surface area contributed by atoms with Crippen LogP contribution in [-0.4, -0.2) is 31.7 Å². The summed E-state index contributed by atoms with van der Waals surface area (Å²) in [6, 6.07) is 5.89. The molecule has 0 aliphatic carbocycles. The summed E-state index contributed by atoms with van der Waals surface area (Å²) in [6.07, 6.45) is 0.839. The molecule has 1 aliphatic heterocycles. The van der Waals surface area contributed by atoms with Crippen LogP contribution in [0.15, 0.2) is 24.3 Å². The van der Waals surface area contributed by atoms with Gasteiger partial charge in [0.15, 0.2) is 0 Å². The SMILES string of the molecule is CC1(C)CNCCC1NC(=O)c1cccc(OC(F)F)c1. The van der Waals surface area contributed by atoms with Gasteiger partial charge in [-0.1, -0.05) is 19.9 Å². The van der Waals surface area contributed by atoms with Gasteiger partial charge < -0.3 is 15.4 Å². The molecule has 1 atom stereocenters. The number of benzene rings is 1. The van der Waals surface area contributed by atoms with E-state index < -0.39 is 6.61 Å². The Balaban J connectivity index is 2.06. The van der Waals surface area contributed by atoms with E-state index in [1.807, 2.05) is 0 Å². The van der Waals surface area contributed by atoms with Crippen molar-refractivity contribution in [1.29, 1.82) is 0 Å². The third-order valence-electron chi connectivity index (χ3n) is 3.76. The van der Waals surface area contributed by atoms with Crippen molar-refractivity contribution in [2.45, 2.75) is 32.9 Å². The van der Waals surface area contributed by atoms with E-state index in [0.717, 1.165) is 19.5 Å². The summed E-state index contributed by atoms with van der Waals surface area (Å²) in [7, 11) is 0. The van der Waals surface area contributed by atoms with E-state index in [0.29, 0.717) is 5.56 Å². The number of piperidine rings is 1. The Hall–Kier alpha value is -1.69. The first kappa shape index (κ1) is 15.7. The molecule has 1 aliphatic rings. The van der Waals surface area contributed by atoms with Gasteiger partial charge in [-0.15, -0.1) is 0 Å². The minimum Gasteiger partial charge on any atom is -0.435 e. The van der Waals surface area contributed by atoms with Gasteiger partial charge in [-0.3, -0.25) is 4.79 Å². The quantitative estimate of drug-likeness (QED) is 0.897. The van der Waals surface area contributed by atoms with Gasteiger partial charge in [0.2, 0.25) is 0 Å². The molecule has 0 radical (unpaired) electrons. The van der Waals surface area contributed by atoms with Gasteiger partial charge in [-0.25, -0.2) is 0 Å². The lowest BCUT2D eigenvalue weighted by atomic mass is 9.80. The fraction of sp³-hybridized carbons (Fsp3) is 0.533. The Labute approximate surface area is 122 Å². The number of halogens is 2. The molecule has 0 aromatic heterocycles. The number of carbonyl (C=O) groups excluding carboxylic acids is 1. The minimum atomic E-state index is -2.90. The third kappa shape index (κ3) is 4.14. The van der Waals surface area contributed by atoms with Gasteiger partial charge in [0, 0.05) is 18.2 Å². The summed E-state index contributed by atoms with van der Waals surface area (Å²) in [5, 5.41) is 6.28. The highest BCUT2D eigenvalue weighted by molar-refractivity contribution is 5.94. The summed E-state index contributed by atoms with van der Waals surface area (Å²) in [5.41, 5.74) is 0.271. The van der Waals surface area contributed by atoms with Crippen molar-refractivity contribution >= 4 is 5.91 Å². The highest BCUT2D eigenvalue weighted by Crippen LogP contribution is 2.25. The van der Waals surface area contributed by atoms with Gasteiger partial charge >= 0.3 is 6.61 Å². The van der Waals surface area contributed by atoms with Gasteiger partial charge in [-0.2, -0.15) is 8.78 Å². The van der Waals surface area contributed by atoms with Gasteiger partial charge in [0.05, 0.1) is 0 Å². The molecule has 116 valence electrons. The van der Waals surface area contributed by atoms with Crippen molar-refractivity contribution in [3.05, 3.63) is 29.8 Å². The minimum absolute atomic E-state index is 0.0118. The van der Waals surface area contributed by atoms with Crippen molar-refractivity contribution in [2.75, 3.05) is 13.1 Å². The third-order valence-corrected chi connectivity index (χ3v) is 3.76. The second-order valence-corrected chi connectivity index (χ2v) is 5.89. The molecule has 6 heteroatoms. The van der Waals surface area contributed by atoms with Gasteiger partial charge in [0.1, 0.15) is 5.75 Å². The Morgan fingerprint density at radius 1 is 1.48 bits per heavy atom. The molecule has 0 saturated carbocycles. The van der Waals surface area contributed by atoms with Crippen LogP contribution >= 0.6 is 0 Å². The van der Waals surface area contributed by atoms with Crippen molar-refractivity contribution < 1.29 is 18.3 Å². The van der Waals surface area contributed by atoms with Crippen molar-refractivity contribution in [3.8, 4) is 5.75 Å². The molecule has 0 bridgehead atoms. The number of rotatable bonds is 4. The largest absolute Gasteiger partial charge is 0.435 e. The number of ether oxygens (including phenoxy) is 1. The predicted molar refractivity (Wildman–Crippen MR) is 75.6 cm³/mol. The maximum absolute atomic E-state index is 12.3. The lowest BCUT2D eigenvalue weighted by Gasteiger charge is -2.39. The van der Waals surface area contributed by atoms with Crippen LogP contribution in [0.2, 0.25) is 0 Å². The number of hydrogen-bond acceptors (Lipinski definition) is 3. The maximum atomic E-state index is 12.3. The molecular weight excluding hydrogens is 278 g/mol. The Morgan fingerprint density at radius 3 is 2.90 bits per heavy atom. The summed E-state index contributed by atoms with van der Waals surface area (Å²) in [6.45, 7) is 2.95. The number of amides is 1. The van der Waals surface area contributed by atoms with Crippen molar-refractivity contribution in [3.63, 3.8) is 0 Å². The van der Waals surface area contributed by atoms with E-state index in [1.165, 1.54) is 18.2 Å². The Morgan fingerprint density at radius 2 is 2.24 bits per heavy atom. The van der Waals surface area contributed by atoms with Crippen LogP contribution in [0.5, 0.6) is 5.75 Å². The van der Waals surface area contributed by atoms with Crippen LogP contribution in [0.4, 0.5) is 8.78 Å². The number of nitrogens with one attached hydrogen (secondary N) is 2. The van der Waals surface area contributed by atoms with E-state index in [2.05, 4.69) is 29.2 Å². The predicted octanol–water partition coefficient (Wildman–Crippen LogP) is 2.41. The highest BCUT2D eigenvalue weighted by atomic mass is 19.3. The van der Waals surface area contributed by atoms with E-state index in [4.69, 9.17) is 0 Å². The summed E-state index contributed by atoms with van der Waals surface area (Å²) < 4.78 is 28.7. The first-order valence-electron chi connectivity index (χ1n) is 6.95. The first-order chi connectivity index (χ1) is 9.88. The molecule has 2 N–H and O–H groups in total. The zero-order valence-corrected chi connectivity index (χ0v) is 12.2. The first-order valence-corrected chi connectivity index (χ1v) is 6.95. The van der Waals surface area contributed by atoms with Crippen LogP contribution in [0.3, 0.4) is 0 Å². The highest BCUT2D eigenvalue weighted by Gasteiger charge is 2.33. The smallest absolute Gasteiger partial charge is 0.387 e. The lowest BCUT2D eigenvalue weighted by molar-refractivity contribution is -0.0498. The average Bonchev–Trinajstić information content (AvgIpc) is 2.40. The van der Waals surface area contributed by atoms with Crippen molar-refractivity contribution in [1.82, 2.24) is 10.6 Å². The number of carbonyl (C=O) groups is 1. The molecule has 1 heterocycles. The van der Waals surface area contributed by atoms with E-state index in [1.54, 1.807) is 6.07 Å². The van der Waals surface area contributed by atoms with E-state index in [-0.39, 0.29) is 23.1 Å². The maximum Gasteiger partial charge on any atom is 0.387 e. The Kier molecular flexibility index (Phi) is 4.77. The average molecular weight is 298 g/mol. The molecule has 1 amide bonds. The molecule has 21 heavy (non-hydrogen) atoms. The van der Waals surface area contributed by atoms with E-state index >= 15 is 0 Å². The van der Waals surface area contributed by atoms with Crippen LogP contribution in [0.25, 0.3) is 0 Å². The molecule has 2 rings (SSSR count). The fourth-order valence-corrected chi connectivity index (χ4v) is 2.49. The zero-order chi connectivity index (χ0) is 15.5. The number of alkyl halides is 2. The topological polar surface area (TPSA) is 50.4 Å². The van der Waals surface area contributed by atoms with Crippen LogP contribution < -0.4 is 15.4 Å². The molecule has 0 spiro atoms. The van der Waals surface area contributed by atoms with Crippen LogP contribution in [0, 0.1) is 5.41 Å². The van der Waals surface area contributed by atoms with Crippen LogP contribution in [0.1, 0.15) is 30.6 Å². The molecule has 1 saturated heterocycles. The Bertz CT molecular complexity index is 506. The van der Waals surface area contributed by atoms with Crippen LogP contribution in [-0.2, 0) is 0 Å². The molecule has 1 unspecified atom stereocenters. The summed E-state index contributed by atoms with van der Waals surface area (Å²) in [5.74, 6) is -0.281. The fourth-order valence-electron chi connectivity index (χ4n) is 2.49. The second kappa shape index (κ2) is 6.39. The zero-order valence-electron chi connectivity index (χ0n) is 12.2. The van der Waals surface area contributed by atoms with Gasteiger partial charge in [-0.05, 0) is 36.6 Å². The lowest BCUT2D eigenvalue weighted by Crippen LogP contribution is -2.54. The summed E-state index contributed by atoms with van der Waals surface area (Å²) in [4.78, 5) is 12.3. The monoisotopic (exact) mass is 298 g/mol. The molecular formula is C15H20F2N2O2. The van der Waals surface area contributed by atoms with Crippen molar-refractivity contribution in [2.24, 2.45) is 5.41 Å². The van der Waals surface area contributed by atoms with Gasteiger partial charge in [0.25, 0.3) is 5.91 Å². The standard InChI is InChI=1S/C15H20F2N2O2/c1-15(2)9-18-7-6-12(15)19-13(20)10-4-3-5-11(8-10)21-14(16)17/h3-5,8,12,14,18H,6-7,9H2,1-2H3,(H,19,20). The second-order valence-electron chi connectivity index (χ2n) is 5.89. The van der Waals surface area contributed by atoms with E-state index in [9.17, 15) is 13.6 Å².